The minimum Gasteiger partial charge on any atom is -0.464 e. The van der Waals surface area contributed by atoms with Crippen molar-refractivity contribution in [1.82, 2.24) is 10.3 Å². The molecule has 146 valence electrons. The van der Waals surface area contributed by atoms with Crippen LogP contribution in [0.3, 0.4) is 0 Å². The van der Waals surface area contributed by atoms with Crippen LogP contribution in [0.2, 0.25) is 0 Å². The molecule has 1 aromatic carbocycles. The molecule has 1 aliphatic rings. The van der Waals surface area contributed by atoms with Gasteiger partial charge in [-0.2, -0.15) is 0 Å². The monoisotopic (exact) mass is 404 g/mol. The topological polar surface area (TPSA) is 70.4 Å². The normalized spacial score (nSPS) is 14.3. The summed E-state index contributed by atoms with van der Waals surface area (Å²) in [6.07, 6.45) is 5.17. The molecule has 2 N–H and O–H groups in total. The number of carbonyl (C=O) groups is 1. The van der Waals surface area contributed by atoms with Crippen molar-refractivity contribution in [3.8, 4) is 10.4 Å². The summed E-state index contributed by atoms with van der Waals surface area (Å²) in [5.41, 5.74) is 3.69. The molecule has 4 aromatic rings. The van der Waals surface area contributed by atoms with E-state index in [2.05, 4.69) is 26.6 Å². The lowest BCUT2D eigenvalue weighted by molar-refractivity contribution is 0.103. The van der Waals surface area contributed by atoms with Crippen LogP contribution in [0.4, 0.5) is 11.4 Å². The maximum absolute atomic E-state index is 12.9. The number of benzene rings is 1. The Morgan fingerprint density at radius 2 is 2.03 bits per heavy atom. The standard InChI is InChI=1S/C22H20N4O2S/c27-22(25-17-14-24-7-5-18(17)26-10-8-23-9-11-26)21-4-3-20(29-21)16-1-2-19-15(13-16)6-12-28-19/h1-7,12-14,23H,8-11H2,(H,25,27). The summed E-state index contributed by atoms with van der Waals surface area (Å²) in [5, 5.41) is 7.45. The first-order valence-corrected chi connectivity index (χ1v) is 10.4. The second kappa shape index (κ2) is 7.69. The van der Waals surface area contributed by atoms with Crippen molar-refractivity contribution in [2.75, 3.05) is 36.4 Å². The van der Waals surface area contributed by atoms with E-state index < -0.39 is 0 Å². The molecule has 0 saturated carbocycles. The summed E-state index contributed by atoms with van der Waals surface area (Å²) in [7, 11) is 0. The molecule has 29 heavy (non-hydrogen) atoms. The Morgan fingerprint density at radius 1 is 1.14 bits per heavy atom. The number of piperazine rings is 1. The van der Waals surface area contributed by atoms with E-state index in [4.69, 9.17) is 4.42 Å². The second-order valence-corrected chi connectivity index (χ2v) is 8.00. The number of hydrogen-bond donors (Lipinski definition) is 2. The number of thiophene rings is 1. The molecule has 0 atom stereocenters. The van der Waals surface area contributed by atoms with Gasteiger partial charge in [0.1, 0.15) is 5.58 Å². The fourth-order valence-corrected chi connectivity index (χ4v) is 4.48. The van der Waals surface area contributed by atoms with E-state index in [0.717, 1.165) is 59.0 Å². The van der Waals surface area contributed by atoms with Crippen LogP contribution < -0.4 is 15.5 Å². The Kier molecular flexibility index (Phi) is 4.75. The molecular formula is C22H20N4O2S. The summed E-state index contributed by atoms with van der Waals surface area (Å²) >= 11 is 1.48. The average molecular weight is 404 g/mol. The third-order valence-electron chi connectivity index (χ3n) is 5.07. The van der Waals surface area contributed by atoms with E-state index in [1.165, 1.54) is 11.3 Å². The maximum atomic E-state index is 12.9. The van der Waals surface area contributed by atoms with Gasteiger partial charge in [0.25, 0.3) is 5.91 Å². The predicted molar refractivity (Wildman–Crippen MR) is 117 cm³/mol. The number of hydrogen-bond acceptors (Lipinski definition) is 6. The van der Waals surface area contributed by atoms with E-state index in [1.54, 1.807) is 18.7 Å². The number of amides is 1. The van der Waals surface area contributed by atoms with Gasteiger partial charge in [0.2, 0.25) is 0 Å². The van der Waals surface area contributed by atoms with Crippen LogP contribution >= 0.6 is 11.3 Å². The number of furan rings is 1. The molecule has 1 saturated heterocycles. The quantitative estimate of drug-likeness (QED) is 0.533. The number of aromatic nitrogens is 1. The average Bonchev–Trinajstić information content (AvgIpc) is 3.44. The lowest BCUT2D eigenvalue weighted by Crippen LogP contribution is -2.43. The van der Waals surface area contributed by atoms with Crippen molar-refractivity contribution >= 4 is 39.6 Å². The highest BCUT2D eigenvalue weighted by molar-refractivity contribution is 7.17. The zero-order chi connectivity index (χ0) is 19.6. The Labute approximate surface area is 172 Å². The third-order valence-corrected chi connectivity index (χ3v) is 6.20. The van der Waals surface area contributed by atoms with E-state index in [1.807, 2.05) is 36.4 Å². The summed E-state index contributed by atoms with van der Waals surface area (Å²) < 4.78 is 5.41. The smallest absolute Gasteiger partial charge is 0.265 e. The highest BCUT2D eigenvalue weighted by Gasteiger charge is 2.17. The Hall–Kier alpha value is -3.16. The van der Waals surface area contributed by atoms with E-state index in [-0.39, 0.29) is 5.91 Å². The van der Waals surface area contributed by atoms with Crippen LogP contribution in [-0.2, 0) is 0 Å². The molecule has 1 aliphatic heterocycles. The van der Waals surface area contributed by atoms with Gasteiger partial charge in [-0.25, -0.2) is 0 Å². The first-order valence-electron chi connectivity index (χ1n) is 9.56. The van der Waals surface area contributed by atoms with Gasteiger partial charge in [-0.05, 0) is 48.0 Å². The first-order chi connectivity index (χ1) is 14.3. The molecule has 0 radical (unpaired) electrons. The largest absolute Gasteiger partial charge is 0.464 e. The van der Waals surface area contributed by atoms with Crippen molar-refractivity contribution in [3.05, 3.63) is 66.0 Å². The molecule has 0 bridgehead atoms. The molecule has 0 spiro atoms. The highest BCUT2D eigenvalue weighted by atomic mass is 32.1. The lowest BCUT2D eigenvalue weighted by Gasteiger charge is -2.30. The van der Waals surface area contributed by atoms with Gasteiger partial charge in [-0.3, -0.25) is 9.78 Å². The summed E-state index contributed by atoms with van der Waals surface area (Å²) in [6.45, 7) is 3.69. The predicted octanol–water partition coefficient (Wildman–Crippen LogP) is 4.22. The van der Waals surface area contributed by atoms with Gasteiger partial charge in [0.05, 0.1) is 28.7 Å². The molecule has 1 fully saturated rings. The van der Waals surface area contributed by atoms with E-state index in [9.17, 15) is 4.79 Å². The molecule has 1 amide bonds. The number of rotatable bonds is 4. The number of anilines is 2. The minimum atomic E-state index is -0.116. The fraction of sp³-hybridized carbons (Fsp3) is 0.182. The molecule has 3 aromatic heterocycles. The number of nitrogens with zero attached hydrogens (tertiary/aromatic N) is 2. The highest BCUT2D eigenvalue weighted by Crippen LogP contribution is 2.32. The molecule has 0 aliphatic carbocycles. The van der Waals surface area contributed by atoms with Crippen molar-refractivity contribution in [2.24, 2.45) is 0 Å². The molecular weight excluding hydrogens is 384 g/mol. The van der Waals surface area contributed by atoms with Crippen LogP contribution in [0, 0.1) is 0 Å². The molecule has 7 heteroatoms. The molecule has 5 rings (SSSR count). The van der Waals surface area contributed by atoms with Crippen LogP contribution in [0.1, 0.15) is 9.67 Å². The fourth-order valence-electron chi connectivity index (χ4n) is 3.58. The zero-order valence-corrected chi connectivity index (χ0v) is 16.5. The Balaban J connectivity index is 1.37. The van der Waals surface area contributed by atoms with Gasteiger partial charge >= 0.3 is 0 Å². The van der Waals surface area contributed by atoms with E-state index in [0.29, 0.717) is 4.88 Å². The Morgan fingerprint density at radius 3 is 2.93 bits per heavy atom. The maximum Gasteiger partial charge on any atom is 0.265 e. The van der Waals surface area contributed by atoms with Gasteiger partial charge < -0.3 is 20.0 Å². The zero-order valence-electron chi connectivity index (χ0n) is 15.7. The minimum absolute atomic E-state index is 0.116. The SMILES string of the molecule is O=C(Nc1cnccc1N1CCNCC1)c1ccc(-c2ccc3occc3c2)s1. The molecule has 0 unspecified atom stereocenters. The summed E-state index contributed by atoms with van der Waals surface area (Å²) in [6, 6.07) is 13.8. The lowest BCUT2D eigenvalue weighted by atomic mass is 10.1. The van der Waals surface area contributed by atoms with Gasteiger partial charge in [-0.15, -0.1) is 11.3 Å². The van der Waals surface area contributed by atoms with Crippen LogP contribution in [-0.4, -0.2) is 37.1 Å². The van der Waals surface area contributed by atoms with Gasteiger partial charge in [0, 0.05) is 42.6 Å². The third kappa shape index (κ3) is 3.62. The second-order valence-electron chi connectivity index (χ2n) is 6.92. The van der Waals surface area contributed by atoms with E-state index >= 15 is 0 Å². The van der Waals surface area contributed by atoms with Crippen molar-refractivity contribution < 1.29 is 9.21 Å². The first kappa shape index (κ1) is 17.9. The van der Waals surface area contributed by atoms with Gasteiger partial charge in [-0.1, -0.05) is 0 Å². The van der Waals surface area contributed by atoms with Gasteiger partial charge in [0.15, 0.2) is 0 Å². The van der Waals surface area contributed by atoms with Crippen molar-refractivity contribution in [2.45, 2.75) is 0 Å². The summed E-state index contributed by atoms with van der Waals surface area (Å²) in [4.78, 5) is 21.1. The number of nitrogens with one attached hydrogen (secondary N) is 2. The molecule has 6 nitrogen and oxygen atoms in total. The molecule has 4 heterocycles. The van der Waals surface area contributed by atoms with Crippen molar-refractivity contribution in [1.29, 1.82) is 0 Å². The number of pyridine rings is 1. The number of fused-ring (bicyclic) bond motifs is 1. The van der Waals surface area contributed by atoms with Crippen LogP contribution in [0.15, 0.2) is 65.5 Å². The van der Waals surface area contributed by atoms with Crippen LogP contribution in [0.5, 0.6) is 0 Å². The van der Waals surface area contributed by atoms with Crippen LogP contribution in [0.25, 0.3) is 21.4 Å². The number of carbonyl (C=O) groups excluding carboxylic acids is 1. The summed E-state index contributed by atoms with van der Waals surface area (Å²) in [5.74, 6) is -0.116. The Bertz CT molecular complexity index is 1160. The van der Waals surface area contributed by atoms with Crippen molar-refractivity contribution in [3.63, 3.8) is 0 Å².